The van der Waals surface area contributed by atoms with Gasteiger partial charge in [0.1, 0.15) is 6.54 Å². The van der Waals surface area contributed by atoms with Crippen LogP contribution >= 0.6 is 15.9 Å². The highest BCUT2D eigenvalue weighted by molar-refractivity contribution is 9.10. The van der Waals surface area contributed by atoms with Crippen LogP contribution in [0.4, 0.5) is 0 Å². The molecule has 0 fully saturated rings. The first-order chi connectivity index (χ1) is 15.2. The maximum Gasteiger partial charge on any atom is 0.323 e. The fourth-order valence-corrected chi connectivity index (χ4v) is 6.10. The third-order valence-corrected chi connectivity index (χ3v) is 8.02. The molecule has 0 saturated carbocycles. The number of carboxylic acids is 1. The van der Waals surface area contributed by atoms with Crippen molar-refractivity contribution in [2.45, 2.75) is 36.1 Å². The molecular formula is C23H21BrN2O5S. The van der Waals surface area contributed by atoms with E-state index in [-0.39, 0.29) is 28.7 Å². The molecule has 1 aromatic heterocycles. The van der Waals surface area contributed by atoms with E-state index < -0.39 is 15.8 Å². The number of benzene rings is 2. The molecule has 1 aliphatic heterocycles. The average molecular weight is 517 g/mol. The topological polar surface area (TPSA) is 105 Å². The number of carboxylic acid groups (broad SMARTS) is 1. The van der Waals surface area contributed by atoms with Crippen LogP contribution in [0, 0.1) is 6.92 Å². The highest BCUT2D eigenvalue weighted by Crippen LogP contribution is 2.33. The second-order valence-corrected chi connectivity index (χ2v) is 10.5. The Morgan fingerprint density at radius 2 is 1.91 bits per heavy atom. The first-order valence-electron chi connectivity index (χ1n) is 9.99. The van der Waals surface area contributed by atoms with E-state index in [9.17, 15) is 23.1 Å². The highest BCUT2D eigenvalue weighted by Gasteiger charge is 2.30. The molecular weight excluding hydrogens is 496 g/mol. The van der Waals surface area contributed by atoms with Gasteiger partial charge in [-0.25, -0.2) is 8.42 Å². The van der Waals surface area contributed by atoms with Crippen LogP contribution in [0.3, 0.4) is 0 Å². The summed E-state index contributed by atoms with van der Waals surface area (Å²) in [6, 6.07) is 13.1. The molecule has 32 heavy (non-hydrogen) atoms. The summed E-state index contributed by atoms with van der Waals surface area (Å²) in [6.07, 6.45) is 0.692. The average Bonchev–Trinajstić information content (AvgIpc) is 3.01. The minimum atomic E-state index is -3.79. The lowest BCUT2D eigenvalue weighted by atomic mass is 9.97. The van der Waals surface area contributed by atoms with Crippen LogP contribution in [0.2, 0.25) is 0 Å². The van der Waals surface area contributed by atoms with Gasteiger partial charge in [0.25, 0.3) is 5.91 Å². The fraction of sp³-hybridized carbons (Fsp3) is 0.217. The molecule has 1 amide bonds. The Balaban J connectivity index is 1.88. The van der Waals surface area contributed by atoms with E-state index >= 15 is 0 Å². The molecule has 0 saturated heterocycles. The quantitative estimate of drug-likeness (QED) is 0.522. The molecule has 1 aliphatic rings. The normalized spacial score (nSPS) is 13.5. The van der Waals surface area contributed by atoms with Crippen molar-refractivity contribution in [1.82, 2.24) is 9.88 Å². The minimum absolute atomic E-state index is 0.155. The molecule has 0 radical (unpaired) electrons. The summed E-state index contributed by atoms with van der Waals surface area (Å²) in [7, 11) is -3.79. The van der Waals surface area contributed by atoms with Crippen molar-refractivity contribution < 1.29 is 23.1 Å². The van der Waals surface area contributed by atoms with Gasteiger partial charge in [-0.2, -0.15) is 0 Å². The first kappa shape index (κ1) is 22.3. The molecule has 9 heteroatoms. The maximum atomic E-state index is 13.4. The number of aromatic nitrogens is 1. The number of rotatable bonds is 6. The Bertz CT molecular complexity index is 1330. The van der Waals surface area contributed by atoms with Crippen LogP contribution in [0.1, 0.15) is 32.9 Å². The molecule has 0 bridgehead atoms. The number of hydrogen-bond donors (Lipinski definition) is 2. The zero-order chi connectivity index (χ0) is 23.0. The number of fused-ring (bicyclic) bond motifs is 1. The van der Waals surface area contributed by atoms with Gasteiger partial charge in [-0.3, -0.25) is 9.59 Å². The van der Waals surface area contributed by atoms with Gasteiger partial charge in [-0.05, 0) is 48.4 Å². The summed E-state index contributed by atoms with van der Waals surface area (Å²) in [5.41, 5.74) is 2.93. The second-order valence-electron chi connectivity index (χ2n) is 7.62. The van der Waals surface area contributed by atoms with Crippen molar-refractivity contribution >= 4 is 37.6 Å². The lowest BCUT2D eigenvalue weighted by Gasteiger charge is -2.16. The van der Waals surface area contributed by atoms with Crippen LogP contribution in [0.5, 0.6) is 0 Å². The molecule has 0 aliphatic carbocycles. The van der Waals surface area contributed by atoms with Crippen LogP contribution in [-0.4, -0.2) is 36.5 Å². The Kier molecular flexibility index (Phi) is 5.96. The zero-order valence-corrected chi connectivity index (χ0v) is 19.7. The molecule has 166 valence electrons. The van der Waals surface area contributed by atoms with Crippen LogP contribution in [0.25, 0.3) is 0 Å². The van der Waals surface area contributed by atoms with Gasteiger partial charge < -0.3 is 15.0 Å². The van der Waals surface area contributed by atoms with Gasteiger partial charge in [0, 0.05) is 35.2 Å². The van der Waals surface area contributed by atoms with Crippen molar-refractivity contribution in [3.8, 4) is 0 Å². The number of carbonyl (C=O) groups excluding carboxylic acids is 1. The Hall–Kier alpha value is -2.91. The molecule has 0 unspecified atom stereocenters. The third kappa shape index (κ3) is 3.98. The molecule has 7 nitrogen and oxygen atoms in total. The predicted octanol–water partition coefficient (Wildman–Crippen LogP) is 3.35. The van der Waals surface area contributed by atoms with E-state index in [1.165, 1.54) is 0 Å². The molecule has 3 aromatic rings. The number of aliphatic carboxylic acids is 1. The summed E-state index contributed by atoms with van der Waals surface area (Å²) >= 11 is 3.42. The van der Waals surface area contributed by atoms with Gasteiger partial charge in [-0.1, -0.05) is 34.1 Å². The van der Waals surface area contributed by atoms with Crippen molar-refractivity contribution in [2.24, 2.45) is 0 Å². The standard InChI is InChI=1S/C23H21BrN2O5S/c1-14-18(22-19(9-10-25-23(22)29)26(14)13-21(27)28)12-15-11-16(24)7-8-20(15)32(30,31)17-5-3-2-4-6-17/h2-8,11H,9-10,12-13H2,1H3,(H,25,29)(H,27,28). The first-order valence-corrected chi connectivity index (χ1v) is 12.3. The molecule has 4 rings (SSSR count). The molecule has 2 aromatic carbocycles. The van der Waals surface area contributed by atoms with E-state index in [4.69, 9.17) is 0 Å². The van der Waals surface area contributed by atoms with Gasteiger partial charge in [0.2, 0.25) is 9.84 Å². The van der Waals surface area contributed by atoms with Crippen molar-refractivity contribution in [1.29, 1.82) is 0 Å². The Morgan fingerprint density at radius 3 is 2.59 bits per heavy atom. The summed E-state index contributed by atoms with van der Waals surface area (Å²) in [5, 5.41) is 12.2. The zero-order valence-electron chi connectivity index (χ0n) is 17.3. The minimum Gasteiger partial charge on any atom is -0.480 e. The number of amides is 1. The van der Waals surface area contributed by atoms with Gasteiger partial charge in [0.15, 0.2) is 0 Å². The van der Waals surface area contributed by atoms with Crippen molar-refractivity contribution in [3.63, 3.8) is 0 Å². The van der Waals surface area contributed by atoms with E-state index in [2.05, 4.69) is 21.2 Å². The van der Waals surface area contributed by atoms with Gasteiger partial charge >= 0.3 is 5.97 Å². The molecule has 2 heterocycles. The highest BCUT2D eigenvalue weighted by atomic mass is 79.9. The number of carbonyl (C=O) groups is 2. The van der Waals surface area contributed by atoms with Gasteiger partial charge in [0.05, 0.1) is 15.4 Å². The van der Waals surface area contributed by atoms with E-state index in [1.807, 2.05) is 0 Å². The number of halogens is 1. The smallest absolute Gasteiger partial charge is 0.323 e. The Labute approximate surface area is 194 Å². The summed E-state index contributed by atoms with van der Waals surface area (Å²) in [6.45, 7) is 1.95. The third-order valence-electron chi connectivity index (χ3n) is 5.66. The number of hydrogen-bond acceptors (Lipinski definition) is 4. The van der Waals surface area contributed by atoms with E-state index in [0.717, 1.165) is 0 Å². The number of nitrogens with zero attached hydrogens (tertiary/aromatic N) is 1. The van der Waals surface area contributed by atoms with Gasteiger partial charge in [-0.15, -0.1) is 0 Å². The van der Waals surface area contributed by atoms with Crippen molar-refractivity contribution in [2.75, 3.05) is 6.54 Å². The lowest BCUT2D eigenvalue weighted by Crippen LogP contribution is -2.33. The largest absolute Gasteiger partial charge is 0.480 e. The number of sulfone groups is 1. The van der Waals surface area contributed by atoms with Crippen molar-refractivity contribution in [3.05, 3.63) is 81.1 Å². The van der Waals surface area contributed by atoms with Crippen LogP contribution in [-0.2, 0) is 34.0 Å². The fourth-order valence-electron chi connectivity index (χ4n) is 4.20. The predicted molar refractivity (Wildman–Crippen MR) is 122 cm³/mol. The van der Waals surface area contributed by atoms with Crippen LogP contribution < -0.4 is 5.32 Å². The number of nitrogens with one attached hydrogen (secondary N) is 1. The molecule has 0 spiro atoms. The maximum absolute atomic E-state index is 13.4. The molecule has 2 N–H and O–H groups in total. The van der Waals surface area contributed by atoms with E-state index in [0.29, 0.717) is 45.5 Å². The SMILES string of the molecule is Cc1c(Cc2cc(Br)ccc2S(=O)(=O)c2ccccc2)c2c(n1CC(=O)O)CCNC2=O. The van der Waals surface area contributed by atoms with E-state index in [1.54, 1.807) is 60.0 Å². The summed E-state index contributed by atoms with van der Waals surface area (Å²) < 4.78 is 29.1. The molecule has 0 atom stereocenters. The van der Waals surface area contributed by atoms with Crippen LogP contribution in [0.15, 0.2) is 62.8 Å². The summed E-state index contributed by atoms with van der Waals surface area (Å²) in [5.74, 6) is -1.27. The summed E-state index contributed by atoms with van der Waals surface area (Å²) in [4.78, 5) is 24.5. The monoisotopic (exact) mass is 516 g/mol. The second kappa shape index (κ2) is 8.55. The Morgan fingerprint density at radius 1 is 1.19 bits per heavy atom. The lowest BCUT2D eigenvalue weighted by molar-refractivity contribution is -0.137.